The highest BCUT2D eigenvalue weighted by molar-refractivity contribution is 5.74. The van der Waals surface area contributed by atoms with E-state index >= 15 is 0 Å². The fourth-order valence-electron chi connectivity index (χ4n) is 4.46. The molecule has 0 atom stereocenters. The molecule has 1 amide bonds. The standard InChI is InChI=1S/C21H28N4O2/c1-18(26)25-13-12-23(10-6-21(25)7-14-27-15-8-21)16-19-2-4-20(5-3-19)24-11-9-22-17-24/h2-5,9,11,17H,6-8,10,12-16H2,1H3. The van der Waals surface area contributed by atoms with Gasteiger partial charge in [-0.1, -0.05) is 12.1 Å². The molecule has 2 aliphatic heterocycles. The highest BCUT2D eigenvalue weighted by Crippen LogP contribution is 2.33. The van der Waals surface area contributed by atoms with Crippen LogP contribution in [0.4, 0.5) is 0 Å². The van der Waals surface area contributed by atoms with E-state index in [1.54, 1.807) is 13.1 Å². The zero-order chi connectivity index (χ0) is 18.7. The zero-order valence-corrected chi connectivity index (χ0v) is 16.0. The molecule has 2 aromatic rings. The first-order chi connectivity index (χ1) is 13.2. The van der Waals surface area contributed by atoms with Crippen molar-refractivity contribution in [3.05, 3.63) is 48.5 Å². The Morgan fingerprint density at radius 1 is 1.11 bits per heavy atom. The third-order valence-electron chi connectivity index (χ3n) is 6.05. The minimum Gasteiger partial charge on any atom is -0.381 e. The fraction of sp³-hybridized carbons (Fsp3) is 0.524. The number of nitrogens with zero attached hydrogens (tertiary/aromatic N) is 4. The maximum atomic E-state index is 12.3. The number of benzene rings is 1. The van der Waals surface area contributed by atoms with E-state index in [2.05, 4.69) is 39.0 Å². The Hall–Kier alpha value is -2.18. The van der Waals surface area contributed by atoms with Crippen LogP contribution in [0.3, 0.4) is 0 Å². The van der Waals surface area contributed by atoms with Gasteiger partial charge in [-0.15, -0.1) is 0 Å². The van der Waals surface area contributed by atoms with E-state index in [4.69, 9.17) is 4.74 Å². The summed E-state index contributed by atoms with van der Waals surface area (Å²) in [5, 5.41) is 0. The van der Waals surface area contributed by atoms with Crippen LogP contribution in [0, 0.1) is 0 Å². The third kappa shape index (κ3) is 3.92. The second-order valence-electron chi connectivity index (χ2n) is 7.67. The monoisotopic (exact) mass is 368 g/mol. The summed E-state index contributed by atoms with van der Waals surface area (Å²) < 4.78 is 7.58. The second-order valence-corrected chi connectivity index (χ2v) is 7.67. The molecule has 0 bridgehead atoms. The van der Waals surface area contributed by atoms with Crippen molar-refractivity contribution in [3.8, 4) is 5.69 Å². The third-order valence-corrected chi connectivity index (χ3v) is 6.05. The van der Waals surface area contributed by atoms with Crippen molar-refractivity contribution in [3.63, 3.8) is 0 Å². The molecule has 27 heavy (non-hydrogen) atoms. The van der Waals surface area contributed by atoms with Gasteiger partial charge in [-0.2, -0.15) is 0 Å². The average Bonchev–Trinajstić information content (AvgIpc) is 3.16. The molecule has 6 heteroatoms. The van der Waals surface area contributed by atoms with Gasteiger partial charge in [-0.25, -0.2) is 4.98 Å². The molecule has 0 unspecified atom stereocenters. The summed E-state index contributed by atoms with van der Waals surface area (Å²) in [6.07, 6.45) is 8.50. The van der Waals surface area contributed by atoms with E-state index in [0.717, 1.165) is 64.3 Å². The summed E-state index contributed by atoms with van der Waals surface area (Å²) in [5.41, 5.74) is 2.41. The fourth-order valence-corrected chi connectivity index (χ4v) is 4.46. The molecule has 0 radical (unpaired) electrons. The van der Waals surface area contributed by atoms with Crippen LogP contribution < -0.4 is 0 Å². The van der Waals surface area contributed by atoms with Gasteiger partial charge in [-0.05, 0) is 37.0 Å². The number of hydrogen-bond acceptors (Lipinski definition) is 4. The first-order valence-corrected chi connectivity index (χ1v) is 9.82. The molecule has 4 rings (SSSR count). The van der Waals surface area contributed by atoms with E-state index in [0.29, 0.717) is 0 Å². The van der Waals surface area contributed by atoms with E-state index < -0.39 is 0 Å². The van der Waals surface area contributed by atoms with E-state index in [1.165, 1.54) is 5.56 Å². The van der Waals surface area contributed by atoms with E-state index in [9.17, 15) is 4.79 Å². The molecule has 3 heterocycles. The number of carbonyl (C=O) groups excluding carboxylic acids is 1. The predicted molar refractivity (Wildman–Crippen MR) is 104 cm³/mol. The number of imidazole rings is 1. The molecule has 2 saturated heterocycles. The van der Waals surface area contributed by atoms with Crippen LogP contribution >= 0.6 is 0 Å². The van der Waals surface area contributed by atoms with Crippen molar-refractivity contribution in [1.29, 1.82) is 0 Å². The lowest BCUT2D eigenvalue weighted by Crippen LogP contribution is -2.54. The van der Waals surface area contributed by atoms with Gasteiger partial charge >= 0.3 is 0 Å². The highest BCUT2D eigenvalue weighted by Gasteiger charge is 2.41. The minimum atomic E-state index is -0.00981. The lowest BCUT2D eigenvalue weighted by Gasteiger charge is -2.45. The van der Waals surface area contributed by atoms with Crippen molar-refractivity contribution >= 4 is 5.91 Å². The SMILES string of the molecule is CC(=O)N1CCN(Cc2ccc(-n3ccnc3)cc2)CCC12CCOCC2. The van der Waals surface area contributed by atoms with Crippen molar-refractivity contribution in [1.82, 2.24) is 19.4 Å². The van der Waals surface area contributed by atoms with Crippen LogP contribution in [0.5, 0.6) is 0 Å². The van der Waals surface area contributed by atoms with Crippen LogP contribution in [0.2, 0.25) is 0 Å². The van der Waals surface area contributed by atoms with Gasteiger partial charge in [-0.3, -0.25) is 9.69 Å². The average molecular weight is 368 g/mol. The summed E-state index contributed by atoms with van der Waals surface area (Å²) >= 11 is 0. The molecule has 2 aliphatic rings. The Kier molecular flexibility index (Phi) is 5.27. The summed E-state index contributed by atoms with van der Waals surface area (Å²) in [7, 11) is 0. The lowest BCUT2D eigenvalue weighted by atomic mass is 9.84. The normalized spacial score (nSPS) is 20.6. The van der Waals surface area contributed by atoms with Gasteiger partial charge in [0.1, 0.15) is 0 Å². The van der Waals surface area contributed by atoms with Crippen molar-refractivity contribution in [2.75, 3.05) is 32.8 Å². The van der Waals surface area contributed by atoms with Crippen LogP contribution in [-0.4, -0.2) is 63.6 Å². The van der Waals surface area contributed by atoms with Gasteiger partial charge in [0.05, 0.1) is 6.33 Å². The van der Waals surface area contributed by atoms with Crippen molar-refractivity contribution in [2.24, 2.45) is 0 Å². The summed E-state index contributed by atoms with van der Waals surface area (Å²) in [5.74, 6) is 0.198. The number of rotatable bonds is 3. The lowest BCUT2D eigenvalue weighted by molar-refractivity contribution is -0.139. The van der Waals surface area contributed by atoms with Gasteiger partial charge in [0.25, 0.3) is 0 Å². The number of carbonyl (C=O) groups is 1. The Balaban J connectivity index is 1.43. The smallest absolute Gasteiger partial charge is 0.219 e. The van der Waals surface area contributed by atoms with Crippen LogP contribution in [0.25, 0.3) is 5.69 Å². The summed E-state index contributed by atoms with van der Waals surface area (Å²) in [6, 6.07) is 8.65. The Labute approximate surface area is 160 Å². The maximum absolute atomic E-state index is 12.3. The second kappa shape index (κ2) is 7.82. The van der Waals surface area contributed by atoms with Crippen molar-refractivity contribution in [2.45, 2.75) is 38.3 Å². The molecule has 2 fully saturated rings. The van der Waals surface area contributed by atoms with Gasteiger partial charge in [0, 0.05) is 69.9 Å². The van der Waals surface area contributed by atoms with Gasteiger partial charge in [0.15, 0.2) is 0 Å². The first kappa shape index (κ1) is 18.2. The number of hydrogen-bond donors (Lipinski definition) is 0. The maximum Gasteiger partial charge on any atom is 0.219 e. The largest absolute Gasteiger partial charge is 0.381 e. The highest BCUT2D eigenvalue weighted by atomic mass is 16.5. The summed E-state index contributed by atoms with van der Waals surface area (Å²) in [4.78, 5) is 21.0. The molecular formula is C21H28N4O2. The van der Waals surface area contributed by atoms with Crippen LogP contribution in [0.15, 0.2) is 43.0 Å². The summed E-state index contributed by atoms with van der Waals surface area (Å²) in [6.45, 7) is 6.91. The Bertz CT molecular complexity index is 751. The van der Waals surface area contributed by atoms with Gasteiger partial charge in [0.2, 0.25) is 5.91 Å². The molecular weight excluding hydrogens is 340 g/mol. The number of amides is 1. The minimum absolute atomic E-state index is 0.00981. The molecule has 144 valence electrons. The first-order valence-electron chi connectivity index (χ1n) is 9.82. The number of ether oxygens (including phenoxy) is 1. The topological polar surface area (TPSA) is 50.6 Å². The molecule has 6 nitrogen and oxygen atoms in total. The van der Waals surface area contributed by atoms with Gasteiger partial charge < -0.3 is 14.2 Å². The molecule has 1 aromatic carbocycles. The molecule has 0 saturated carbocycles. The van der Waals surface area contributed by atoms with Crippen LogP contribution in [0.1, 0.15) is 31.7 Å². The Morgan fingerprint density at radius 3 is 2.56 bits per heavy atom. The Morgan fingerprint density at radius 2 is 1.89 bits per heavy atom. The van der Waals surface area contributed by atoms with Crippen molar-refractivity contribution < 1.29 is 9.53 Å². The molecule has 1 spiro atoms. The van der Waals surface area contributed by atoms with Crippen LogP contribution in [-0.2, 0) is 16.1 Å². The quantitative estimate of drug-likeness (QED) is 0.835. The molecule has 0 aliphatic carbocycles. The molecule has 0 N–H and O–H groups in total. The molecule has 1 aromatic heterocycles. The van der Waals surface area contributed by atoms with E-state index in [1.807, 2.05) is 17.1 Å². The predicted octanol–water partition coefficient (Wildman–Crippen LogP) is 2.48. The zero-order valence-electron chi connectivity index (χ0n) is 16.0. The number of aromatic nitrogens is 2. The van der Waals surface area contributed by atoms with E-state index in [-0.39, 0.29) is 11.4 Å².